The van der Waals surface area contributed by atoms with E-state index < -0.39 is 0 Å². The number of hydrogen-bond donors (Lipinski definition) is 2. The zero-order valence-corrected chi connectivity index (χ0v) is 21.1. The van der Waals surface area contributed by atoms with Crippen LogP contribution < -0.4 is 10.6 Å². The minimum Gasteiger partial charge on any atom is -0.383 e. The van der Waals surface area contributed by atoms with E-state index in [0.717, 1.165) is 63.1 Å². The molecule has 9 heteroatoms. The molecule has 7 nitrogen and oxygen atoms in total. The summed E-state index contributed by atoms with van der Waals surface area (Å²) in [5.41, 5.74) is 1.17. The van der Waals surface area contributed by atoms with Crippen molar-refractivity contribution >= 4 is 47.4 Å². The lowest BCUT2D eigenvalue weighted by Gasteiger charge is -2.36. The molecule has 0 spiro atoms. The van der Waals surface area contributed by atoms with Gasteiger partial charge in [0.25, 0.3) is 0 Å². The third-order valence-corrected chi connectivity index (χ3v) is 5.19. The number of amides is 1. The van der Waals surface area contributed by atoms with Gasteiger partial charge in [-0.1, -0.05) is 29.8 Å². The van der Waals surface area contributed by atoms with Crippen molar-refractivity contribution in [3.8, 4) is 0 Å². The molecule has 0 unspecified atom stereocenters. The second-order valence-corrected chi connectivity index (χ2v) is 7.44. The number of halogens is 2. The second kappa shape index (κ2) is 15.7. The van der Waals surface area contributed by atoms with E-state index in [2.05, 4.69) is 33.4 Å². The number of guanidine groups is 1. The third kappa shape index (κ3) is 9.80. The van der Waals surface area contributed by atoms with Crippen LogP contribution >= 0.6 is 35.6 Å². The average molecular weight is 552 g/mol. The minimum atomic E-state index is 0. The van der Waals surface area contributed by atoms with Gasteiger partial charge in [-0.25, -0.2) is 0 Å². The van der Waals surface area contributed by atoms with Crippen LogP contribution in [-0.2, 0) is 16.0 Å². The van der Waals surface area contributed by atoms with Crippen molar-refractivity contribution in [2.24, 2.45) is 4.99 Å². The van der Waals surface area contributed by atoms with Crippen molar-refractivity contribution in [2.45, 2.75) is 19.8 Å². The van der Waals surface area contributed by atoms with Gasteiger partial charge in [-0.05, 0) is 31.4 Å². The first-order chi connectivity index (χ1) is 14.1. The highest BCUT2D eigenvalue weighted by Crippen LogP contribution is 2.16. The second-order valence-electron chi connectivity index (χ2n) is 7.04. The number of aryl methyl sites for hydroxylation is 1. The van der Waals surface area contributed by atoms with Gasteiger partial charge < -0.3 is 20.3 Å². The minimum absolute atomic E-state index is 0. The largest absolute Gasteiger partial charge is 0.383 e. The lowest BCUT2D eigenvalue weighted by atomic mass is 10.1. The van der Waals surface area contributed by atoms with Gasteiger partial charge in [0.15, 0.2) is 5.96 Å². The Morgan fingerprint density at radius 2 is 1.93 bits per heavy atom. The van der Waals surface area contributed by atoms with Gasteiger partial charge in [-0.15, -0.1) is 24.0 Å². The maximum absolute atomic E-state index is 12.0. The van der Waals surface area contributed by atoms with Gasteiger partial charge in [0, 0.05) is 57.9 Å². The summed E-state index contributed by atoms with van der Waals surface area (Å²) in [5, 5.41) is 7.09. The van der Waals surface area contributed by atoms with Gasteiger partial charge in [0.2, 0.25) is 5.91 Å². The number of ether oxygens (including phenoxy) is 1. The normalized spacial score (nSPS) is 14.9. The standard InChI is InChI=1S/C21H34ClN5O2.HI/c1-3-23-21(25-10-6-8-18-7-4-5-9-19(18)22)27-14-12-26(13-15-27)17-20(28)24-11-16-29-2;/h4-5,7,9H,3,6,8,10-17H2,1-2H3,(H,23,25)(H,24,28);1H. The molecule has 0 aromatic heterocycles. The quantitative estimate of drug-likeness (QED) is 0.202. The Kier molecular flexibility index (Phi) is 14.1. The van der Waals surface area contributed by atoms with Gasteiger partial charge >= 0.3 is 0 Å². The Labute approximate surface area is 202 Å². The summed E-state index contributed by atoms with van der Waals surface area (Å²) >= 11 is 6.23. The molecule has 1 saturated heterocycles. The number of methoxy groups -OCH3 is 1. The molecule has 1 amide bonds. The Hall–Kier alpha value is -1.10. The highest BCUT2D eigenvalue weighted by molar-refractivity contribution is 14.0. The SMILES string of the molecule is CCNC(=NCCCc1ccccc1Cl)N1CCN(CC(=O)NCCOC)CC1.I. The van der Waals surface area contributed by atoms with Crippen LogP contribution in [-0.4, -0.2) is 87.7 Å². The molecule has 1 aromatic rings. The molecule has 1 aliphatic rings. The zero-order chi connectivity index (χ0) is 20.9. The van der Waals surface area contributed by atoms with Crippen LogP contribution in [0.3, 0.4) is 0 Å². The summed E-state index contributed by atoms with van der Waals surface area (Å²) in [7, 11) is 1.63. The molecule has 170 valence electrons. The van der Waals surface area contributed by atoms with E-state index in [1.54, 1.807) is 7.11 Å². The molecule has 1 aliphatic heterocycles. The van der Waals surface area contributed by atoms with Crippen LogP contribution in [0.5, 0.6) is 0 Å². The van der Waals surface area contributed by atoms with E-state index in [-0.39, 0.29) is 29.9 Å². The van der Waals surface area contributed by atoms with Crippen molar-refractivity contribution in [3.05, 3.63) is 34.9 Å². The number of carbonyl (C=O) groups is 1. The van der Waals surface area contributed by atoms with Crippen molar-refractivity contribution in [1.29, 1.82) is 0 Å². The van der Waals surface area contributed by atoms with E-state index in [0.29, 0.717) is 19.7 Å². The van der Waals surface area contributed by atoms with Crippen molar-refractivity contribution in [2.75, 3.05) is 66.1 Å². The van der Waals surface area contributed by atoms with E-state index in [9.17, 15) is 4.79 Å². The maximum atomic E-state index is 12.0. The highest BCUT2D eigenvalue weighted by atomic mass is 127. The van der Waals surface area contributed by atoms with Gasteiger partial charge in [-0.3, -0.25) is 14.7 Å². The maximum Gasteiger partial charge on any atom is 0.234 e. The van der Waals surface area contributed by atoms with Crippen LogP contribution in [0.4, 0.5) is 0 Å². The number of carbonyl (C=O) groups excluding carboxylic acids is 1. The molecule has 0 bridgehead atoms. The summed E-state index contributed by atoms with van der Waals surface area (Å²) in [6.07, 6.45) is 1.88. The summed E-state index contributed by atoms with van der Waals surface area (Å²) in [5.74, 6) is 1.01. The van der Waals surface area contributed by atoms with Crippen LogP contribution in [0.15, 0.2) is 29.3 Å². The first-order valence-corrected chi connectivity index (χ1v) is 10.8. The fourth-order valence-corrected chi connectivity index (χ4v) is 3.48. The topological polar surface area (TPSA) is 69.2 Å². The Bertz CT molecular complexity index is 654. The molecule has 0 saturated carbocycles. The zero-order valence-electron chi connectivity index (χ0n) is 18.0. The number of rotatable bonds is 10. The number of hydrogen-bond acceptors (Lipinski definition) is 4. The Morgan fingerprint density at radius 1 is 1.20 bits per heavy atom. The molecule has 0 radical (unpaired) electrons. The number of nitrogens with one attached hydrogen (secondary N) is 2. The van der Waals surface area contributed by atoms with E-state index in [4.69, 9.17) is 21.3 Å². The van der Waals surface area contributed by atoms with Gasteiger partial charge in [0.1, 0.15) is 0 Å². The summed E-state index contributed by atoms with van der Waals surface area (Å²) < 4.78 is 4.96. The molecule has 1 heterocycles. The Balaban J connectivity index is 0.00000450. The highest BCUT2D eigenvalue weighted by Gasteiger charge is 2.21. The lowest BCUT2D eigenvalue weighted by Crippen LogP contribution is -2.54. The predicted molar refractivity (Wildman–Crippen MR) is 134 cm³/mol. The predicted octanol–water partition coefficient (Wildman–Crippen LogP) is 2.24. The number of nitrogens with zero attached hydrogens (tertiary/aromatic N) is 3. The molecule has 0 aliphatic carbocycles. The Morgan fingerprint density at radius 3 is 2.60 bits per heavy atom. The van der Waals surface area contributed by atoms with Gasteiger partial charge in [0.05, 0.1) is 13.2 Å². The summed E-state index contributed by atoms with van der Waals surface area (Å²) in [4.78, 5) is 21.2. The van der Waals surface area contributed by atoms with E-state index in [1.807, 2.05) is 18.2 Å². The van der Waals surface area contributed by atoms with Crippen LogP contribution in [0.1, 0.15) is 18.9 Å². The van der Waals surface area contributed by atoms with Crippen LogP contribution in [0.25, 0.3) is 0 Å². The summed E-state index contributed by atoms with van der Waals surface area (Å²) in [6.45, 7) is 8.64. The van der Waals surface area contributed by atoms with Crippen molar-refractivity contribution < 1.29 is 9.53 Å². The first-order valence-electron chi connectivity index (χ1n) is 10.4. The number of piperazine rings is 1. The van der Waals surface area contributed by atoms with Crippen molar-refractivity contribution in [3.63, 3.8) is 0 Å². The van der Waals surface area contributed by atoms with Gasteiger partial charge in [-0.2, -0.15) is 0 Å². The third-order valence-electron chi connectivity index (χ3n) is 4.83. The average Bonchev–Trinajstić information content (AvgIpc) is 2.72. The molecule has 2 N–H and O–H groups in total. The molecule has 2 rings (SSSR count). The lowest BCUT2D eigenvalue weighted by molar-refractivity contribution is -0.122. The van der Waals surface area contributed by atoms with Crippen LogP contribution in [0, 0.1) is 0 Å². The smallest absolute Gasteiger partial charge is 0.234 e. The fourth-order valence-electron chi connectivity index (χ4n) is 3.25. The van der Waals surface area contributed by atoms with E-state index in [1.165, 1.54) is 5.56 Å². The molecule has 1 fully saturated rings. The summed E-state index contributed by atoms with van der Waals surface area (Å²) in [6, 6.07) is 7.98. The molecular weight excluding hydrogens is 517 g/mol. The number of aliphatic imine (C=N–C) groups is 1. The van der Waals surface area contributed by atoms with E-state index >= 15 is 0 Å². The first kappa shape index (κ1) is 26.9. The van der Waals surface area contributed by atoms with Crippen molar-refractivity contribution in [1.82, 2.24) is 20.4 Å². The molecular formula is C21H35ClIN5O2. The molecule has 30 heavy (non-hydrogen) atoms. The fraction of sp³-hybridized carbons (Fsp3) is 0.619. The molecule has 1 aromatic carbocycles. The molecule has 0 atom stereocenters. The monoisotopic (exact) mass is 551 g/mol. The van der Waals surface area contributed by atoms with Crippen LogP contribution in [0.2, 0.25) is 5.02 Å². The number of benzene rings is 1.